The van der Waals surface area contributed by atoms with Crippen LogP contribution >= 0.6 is 0 Å². The van der Waals surface area contributed by atoms with Crippen LogP contribution in [0.3, 0.4) is 0 Å². The molecule has 0 saturated heterocycles. The third-order valence-electron chi connectivity index (χ3n) is 4.80. The van der Waals surface area contributed by atoms with E-state index in [4.69, 9.17) is 4.74 Å². The van der Waals surface area contributed by atoms with Crippen LogP contribution in [0.5, 0.6) is 11.6 Å². The van der Waals surface area contributed by atoms with E-state index in [1.54, 1.807) is 0 Å². The summed E-state index contributed by atoms with van der Waals surface area (Å²) in [6.45, 7) is 12.8. The Morgan fingerprint density at radius 2 is 1.62 bits per heavy atom. The summed E-state index contributed by atoms with van der Waals surface area (Å²) in [4.78, 5) is 6.83. The molecular formula is C21H30N2O. The van der Waals surface area contributed by atoms with Gasteiger partial charge in [0.2, 0.25) is 5.88 Å². The first-order valence-electron chi connectivity index (χ1n) is 8.83. The summed E-state index contributed by atoms with van der Waals surface area (Å²) in [5.41, 5.74) is 5.83. The van der Waals surface area contributed by atoms with Crippen molar-refractivity contribution in [3.8, 4) is 11.6 Å². The van der Waals surface area contributed by atoms with Crippen LogP contribution in [-0.2, 0) is 0 Å². The van der Waals surface area contributed by atoms with Crippen molar-refractivity contribution in [3.05, 3.63) is 46.6 Å². The molecular weight excluding hydrogens is 296 g/mol. The highest BCUT2D eigenvalue weighted by Crippen LogP contribution is 2.34. The van der Waals surface area contributed by atoms with Crippen molar-refractivity contribution < 1.29 is 4.74 Å². The van der Waals surface area contributed by atoms with E-state index in [0.29, 0.717) is 11.9 Å². The third-order valence-corrected chi connectivity index (χ3v) is 4.80. The summed E-state index contributed by atoms with van der Waals surface area (Å²) >= 11 is 0. The highest BCUT2D eigenvalue weighted by atomic mass is 16.5. The van der Waals surface area contributed by atoms with Gasteiger partial charge in [0.15, 0.2) is 0 Å². The van der Waals surface area contributed by atoms with Gasteiger partial charge in [-0.3, -0.25) is 0 Å². The van der Waals surface area contributed by atoms with Crippen molar-refractivity contribution >= 4 is 5.69 Å². The number of hydrogen-bond acceptors (Lipinski definition) is 3. The molecule has 2 rings (SSSR count). The van der Waals surface area contributed by atoms with Gasteiger partial charge >= 0.3 is 0 Å². The number of aryl methyl sites for hydroxylation is 3. The van der Waals surface area contributed by atoms with Gasteiger partial charge in [0.05, 0.1) is 0 Å². The summed E-state index contributed by atoms with van der Waals surface area (Å²) in [6, 6.07) is 6.91. The second kappa shape index (κ2) is 7.69. The summed E-state index contributed by atoms with van der Waals surface area (Å²) in [5.74, 6) is 1.61. The van der Waals surface area contributed by atoms with Crippen LogP contribution < -0.4 is 9.64 Å². The molecule has 0 aliphatic heterocycles. The molecule has 1 aromatic heterocycles. The van der Waals surface area contributed by atoms with Crippen LogP contribution in [0.15, 0.2) is 24.4 Å². The second-order valence-corrected chi connectivity index (χ2v) is 6.67. The molecule has 0 bridgehead atoms. The van der Waals surface area contributed by atoms with Gasteiger partial charge in [0.1, 0.15) is 5.75 Å². The zero-order valence-electron chi connectivity index (χ0n) is 16.1. The Balaban J connectivity index is 2.38. The minimum atomic E-state index is 0.529. The fourth-order valence-electron chi connectivity index (χ4n) is 3.45. The van der Waals surface area contributed by atoms with Crippen molar-refractivity contribution in [2.45, 2.75) is 60.4 Å². The van der Waals surface area contributed by atoms with Gasteiger partial charge in [-0.15, -0.1) is 0 Å². The lowest BCUT2D eigenvalue weighted by Crippen LogP contribution is -2.30. The van der Waals surface area contributed by atoms with Gasteiger partial charge in [-0.1, -0.05) is 31.5 Å². The first-order valence-corrected chi connectivity index (χ1v) is 8.83. The number of ether oxygens (including phenoxy) is 1. The highest BCUT2D eigenvalue weighted by Gasteiger charge is 2.17. The van der Waals surface area contributed by atoms with Crippen LogP contribution in [0, 0.1) is 27.7 Å². The summed E-state index contributed by atoms with van der Waals surface area (Å²) < 4.78 is 6.23. The standard InChI is InChI=1S/C21H30N2O/c1-8-18(9-2)23(7)19-10-11-22-21(17(19)6)24-20-15(4)12-14(3)13-16(20)5/h10-13,18H,8-9H2,1-7H3. The van der Waals surface area contributed by atoms with Gasteiger partial charge in [-0.25, -0.2) is 4.98 Å². The van der Waals surface area contributed by atoms with E-state index in [0.717, 1.165) is 35.3 Å². The summed E-state index contributed by atoms with van der Waals surface area (Å²) in [7, 11) is 2.16. The Morgan fingerprint density at radius 3 is 2.17 bits per heavy atom. The van der Waals surface area contributed by atoms with Crippen LogP contribution in [0.25, 0.3) is 0 Å². The van der Waals surface area contributed by atoms with Gasteiger partial charge < -0.3 is 9.64 Å². The van der Waals surface area contributed by atoms with Crippen molar-refractivity contribution in [2.75, 3.05) is 11.9 Å². The van der Waals surface area contributed by atoms with E-state index in [9.17, 15) is 0 Å². The SMILES string of the molecule is CCC(CC)N(C)c1ccnc(Oc2c(C)cc(C)cc2C)c1C. The van der Waals surface area contributed by atoms with Gasteiger partial charge in [0, 0.05) is 30.5 Å². The highest BCUT2D eigenvalue weighted by molar-refractivity contribution is 5.57. The summed E-state index contributed by atoms with van der Waals surface area (Å²) in [6.07, 6.45) is 4.09. The molecule has 24 heavy (non-hydrogen) atoms. The minimum Gasteiger partial charge on any atom is -0.438 e. The number of benzene rings is 1. The van der Waals surface area contributed by atoms with E-state index in [1.807, 2.05) is 6.20 Å². The van der Waals surface area contributed by atoms with E-state index >= 15 is 0 Å². The average Bonchev–Trinajstić information content (AvgIpc) is 2.53. The molecule has 0 amide bonds. The quantitative estimate of drug-likeness (QED) is 0.677. The van der Waals surface area contributed by atoms with Gasteiger partial charge in [-0.2, -0.15) is 0 Å². The molecule has 0 radical (unpaired) electrons. The van der Waals surface area contributed by atoms with Crippen LogP contribution in [-0.4, -0.2) is 18.1 Å². The van der Waals surface area contributed by atoms with Crippen molar-refractivity contribution in [2.24, 2.45) is 0 Å². The second-order valence-electron chi connectivity index (χ2n) is 6.67. The lowest BCUT2D eigenvalue weighted by atomic mass is 10.1. The van der Waals surface area contributed by atoms with Crippen molar-refractivity contribution in [3.63, 3.8) is 0 Å². The average molecular weight is 326 g/mol. The van der Waals surface area contributed by atoms with Crippen molar-refractivity contribution in [1.82, 2.24) is 4.98 Å². The van der Waals surface area contributed by atoms with Crippen molar-refractivity contribution in [1.29, 1.82) is 0 Å². The topological polar surface area (TPSA) is 25.4 Å². The van der Waals surface area contributed by atoms with E-state index in [1.165, 1.54) is 11.3 Å². The molecule has 0 aliphatic rings. The number of aromatic nitrogens is 1. The minimum absolute atomic E-state index is 0.529. The fourth-order valence-corrected chi connectivity index (χ4v) is 3.45. The number of nitrogens with zero attached hydrogens (tertiary/aromatic N) is 2. The molecule has 0 fully saturated rings. The predicted octanol–water partition coefficient (Wildman–Crippen LogP) is 5.73. The Bertz CT molecular complexity index is 682. The summed E-state index contributed by atoms with van der Waals surface area (Å²) in [5, 5.41) is 0. The van der Waals surface area contributed by atoms with E-state index < -0.39 is 0 Å². The zero-order valence-corrected chi connectivity index (χ0v) is 16.1. The molecule has 2 aromatic rings. The maximum absolute atomic E-state index is 6.23. The van der Waals surface area contributed by atoms with E-state index in [-0.39, 0.29) is 0 Å². The molecule has 0 aliphatic carbocycles. The molecule has 0 unspecified atom stereocenters. The monoisotopic (exact) mass is 326 g/mol. The molecule has 0 N–H and O–H groups in total. The fraction of sp³-hybridized carbons (Fsp3) is 0.476. The van der Waals surface area contributed by atoms with Crippen LogP contribution in [0.2, 0.25) is 0 Å². The molecule has 1 aromatic carbocycles. The Hall–Kier alpha value is -2.03. The Labute approximate surface area is 146 Å². The Kier molecular flexibility index (Phi) is 5.87. The molecule has 0 saturated carbocycles. The first-order chi connectivity index (χ1) is 11.4. The first kappa shape index (κ1) is 18.3. The molecule has 0 spiro atoms. The maximum atomic E-state index is 6.23. The zero-order chi connectivity index (χ0) is 17.9. The molecule has 130 valence electrons. The normalized spacial score (nSPS) is 11.0. The Morgan fingerprint density at radius 1 is 1.04 bits per heavy atom. The molecule has 1 heterocycles. The van der Waals surface area contributed by atoms with Gasteiger partial charge in [-0.05, 0) is 57.7 Å². The number of anilines is 1. The number of pyridine rings is 1. The van der Waals surface area contributed by atoms with Crippen LogP contribution in [0.1, 0.15) is 48.9 Å². The lowest BCUT2D eigenvalue weighted by molar-refractivity contribution is 0.451. The predicted molar refractivity (Wildman–Crippen MR) is 102 cm³/mol. The van der Waals surface area contributed by atoms with E-state index in [2.05, 4.69) is 76.7 Å². The third kappa shape index (κ3) is 3.72. The smallest absolute Gasteiger partial charge is 0.224 e. The maximum Gasteiger partial charge on any atom is 0.224 e. The largest absolute Gasteiger partial charge is 0.438 e. The lowest BCUT2D eigenvalue weighted by Gasteiger charge is -2.30. The van der Waals surface area contributed by atoms with Crippen LogP contribution in [0.4, 0.5) is 5.69 Å². The molecule has 0 atom stereocenters. The molecule has 3 nitrogen and oxygen atoms in total. The van der Waals surface area contributed by atoms with Gasteiger partial charge in [0.25, 0.3) is 0 Å². The number of hydrogen-bond donors (Lipinski definition) is 0. The molecule has 3 heteroatoms. The number of rotatable bonds is 6.